The van der Waals surface area contributed by atoms with E-state index in [2.05, 4.69) is 31.4 Å². The van der Waals surface area contributed by atoms with E-state index in [0.29, 0.717) is 24.4 Å². The van der Waals surface area contributed by atoms with Crippen molar-refractivity contribution in [2.75, 3.05) is 11.9 Å². The zero-order chi connectivity index (χ0) is 21.2. The molecule has 0 atom stereocenters. The van der Waals surface area contributed by atoms with Crippen molar-refractivity contribution >= 4 is 23.5 Å². The fourth-order valence-electron chi connectivity index (χ4n) is 4.55. The first-order valence-corrected chi connectivity index (χ1v) is 10.7. The smallest absolute Gasteiger partial charge is 0.325 e. The van der Waals surface area contributed by atoms with Crippen LogP contribution in [-0.2, 0) is 16.0 Å². The lowest BCUT2D eigenvalue weighted by Crippen LogP contribution is -2.51. The van der Waals surface area contributed by atoms with Crippen molar-refractivity contribution in [2.45, 2.75) is 71.8 Å². The zero-order valence-electron chi connectivity index (χ0n) is 18.0. The second-order valence-corrected chi connectivity index (χ2v) is 9.12. The Morgan fingerprint density at radius 2 is 1.93 bits per heavy atom. The van der Waals surface area contributed by atoms with E-state index in [4.69, 9.17) is 0 Å². The average Bonchev–Trinajstić information content (AvgIpc) is 2.92. The second-order valence-electron chi connectivity index (χ2n) is 9.12. The minimum Gasteiger partial charge on any atom is -0.325 e. The van der Waals surface area contributed by atoms with Crippen molar-refractivity contribution in [1.82, 2.24) is 10.2 Å². The Labute approximate surface area is 173 Å². The number of urea groups is 1. The van der Waals surface area contributed by atoms with Gasteiger partial charge in [0.15, 0.2) is 0 Å². The third-order valence-corrected chi connectivity index (χ3v) is 7.02. The molecule has 1 aliphatic heterocycles. The molecule has 158 valence electrons. The topological polar surface area (TPSA) is 78.5 Å². The molecule has 2 aliphatic rings. The minimum atomic E-state index is -0.834. The maximum Gasteiger partial charge on any atom is 0.325 e. The number of hydrogen-bond donors (Lipinski definition) is 2. The predicted molar refractivity (Wildman–Crippen MR) is 113 cm³/mol. The van der Waals surface area contributed by atoms with Crippen molar-refractivity contribution in [3.8, 4) is 0 Å². The molecule has 2 N–H and O–H groups in total. The number of rotatable bonds is 6. The number of imide groups is 1. The molecule has 6 heteroatoms. The van der Waals surface area contributed by atoms with Gasteiger partial charge >= 0.3 is 6.03 Å². The number of anilines is 1. The summed E-state index contributed by atoms with van der Waals surface area (Å²) in [6.07, 6.45) is 5.07. The Morgan fingerprint density at radius 3 is 2.55 bits per heavy atom. The molecule has 1 aromatic carbocycles. The van der Waals surface area contributed by atoms with Gasteiger partial charge in [-0.15, -0.1) is 0 Å². The predicted octanol–water partition coefficient (Wildman–Crippen LogP) is 4.10. The van der Waals surface area contributed by atoms with Crippen LogP contribution in [0.1, 0.15) is 65.4 Å². The van der Waals surface area contributed by atoms with Crippen molar-refractivity contribution < 1.29 is 14.4 Å². The van der Waals surface area contributed by atoms with Gasteiger partial charge in [0, 0.05) is 5.69 Å². The number of hydrogen-bond acceptors (Lipinski definition) is 3. The van der Waals surface area contributed by atoms with Gasteiger partial charge in [0.25, 0.3) is 5.91 Å². The number of benzene rings is 1. The molecule has 4 amide bonds. The number of aryl methyl sites for hydroxylation is 1. The van der Waals surface area contributed by atoms with Gasteiger partial charge in [0.05, 0.1) is 0 Å². The first-order chi connectivity index (χ1) is 13.7. The quantitative estimate of drug-likeness (QED) is 0.707. The molecule has 29 heavy (non-hydrogen) atoms. The maximum atomic E-state index is 13.1. The summed E-state index contributed by atoms with van der Waals surface area (Å²) in [6.45, 7) is 8.53. The van der Waals surface area contributed by atoms with E-state index < -0.39 is 11.6 Å². The molecule has 1 aromatic rings. The number of nitrogens with zero attached hydrogens (tertiary/aromatic N) is 1. The van der Waals surface area contributed by atoms with Crippen molar-refractivity contribution in [1.29, 1.82) is 0 Å². The van der Waals surface area contributed by atoms with E-state index in [-0.39, 0.29) is 23.8 Å². The van der Waals surface area contributed by atoms with E-state index in [1.807, 2.05) is 25.1 Å². The van der Waals surface area contributed by atoms with E-state index in [9.17, 15) is 14.4 Å². The third-order valence-electron chi connectivity index (χ3n) is 7.02. The summed E-state index contributed by atoms with van der Waals surface area (Å²) in [7, 11) is 0. The van der Waals surface area contributed by atoms with Crippen LogP contribution < -0.4 is 10.6 Å². The third kappa shape index (κ3) is 4.31. The van der Waals surface area contributed by atoms with Crippen molar-refractivity contribution in [2.24, 2.45) is 11.3 Å². The summed E-state index contributed by atoms with van der Waals surface area (Å²) in [4.78, 5) is 39.1. The van der Waals surface area contributed by atoms with Crippen LogP contribution in [0.4, 0.5) is 10.5 Å². The largest absolute Gasteiger partial charge is 0.325 e. The lowest BCUT2D eigenvalue weighted by molar-refractivity contribution is -0.135. The van der Waals surface area contributed by atoms with Crippen LogP contribution in [0.2, 0.25) is 0 Å². The monoisotopic (exact) mass is 399 g/mol. The lowest BCUT2D eigenvalue weighted by Gasteiger charge is -2.42. The summed E-state index contributed by atoms with van der Waals surface area (Å²) >= 11 is 0. The summed E-state index contributed by atoms with van der Waals surface area (Å²) in [6, 6.07) is 7.13. The van der Waals surface area contributed by atoms with Gasteiger partial charge < -0.3 is 10.6 Å². The standard InChI is InChI=1S/C23H33N3O3/c1-5-16-8-7-9-18(14-16)24-19(27)15-26-20(28)23(25-21(26)29)12-10-17(11-13-23)22(3,4)6-2/h7-9,14,17H,5-6,10-13,15H2,1-4H3,(H,24,27)(H,25,29). The molecule has 6 nitrogen and oxygen atoms in total. The summed E-state index contributed by atoms with van der Waals surface area (Å²) in [5, 5.41) is 5.70. The van der Waals surface area contributed by atoms with Crippen LogP contribution in [0.5, 0.6) is 0 Å². The van der Waals surface area contributed by atoms with Gasteiger partial charge in [-0.3, -0.25) is 14.5 Å². The first kappa shape index (κ1) is 21.3. The van der Waals surface area contributed by atoms with Crippen LogP contribution in [0, 0.1) is 11.3 Å². The summed E-state index contributed by atoms with van der Waals surface area (Å²) in [5.41, 5.74) is 1.20. The minimum absolute atomic E-state index is 0.236. The van der Waals surface area contributed by atoms with Crippen LogP contribution >= 0.6 is 0 Å². The van der Waals surface area contributed by atoms with E-state index in [1.165, 1.54) is 0 Å². The Kier molecular flexibility index (Phi) is 6.01. The Bertz CT molecular complexity index is 794. The molecule has 0 aromatic heterocycles. The maximum absolute atomic E-state index is 13.1. The highest BCUT2D eigenvalue weighted by Gasteiger charge is 2.53. The van der Waals surface area contributed by atoms with Crippen LogP contribution in [0.3, 0.4) is 0 Å². The number of nitrogens with one attached hydrogen (secondary N) is 2. The molecule has 0 unspecified atom stereocenters. The van der Waals surface area contributed by atoms with Crippen LogP contribution in [0.25, 0.3) is 0 Å². The molecule has 0 bridgehead atoms. The van der Waals surface area contributed by atoms with Gasteiger partial charge in [-0.25, -0.2) is 4.79 Å². The molecule has 2 fully saturated rings. The molecular weight excluding hydrogens is 366 g/mol. The van der Waals surface area contributed by atoms with Gasteiger partial charge in [-0.2, -0.15) is 0 Å². The highest BCUT2D eigenvalue weighted by Crippen LogP contribution is 2.45. The van der Waals surface area contributed by atoms with Gasteiger partial charge in [0.2, 0.25) is 5.91 Å². The molecule has 0 radical (unpaired) electrons. The highest BCUT2D eigenvalue weighted by atomic mass is 16.2. The molecule has 3 rings (SSSR count). The van der Waals surface area contributed by atoms with E-state index in [1.54, 1.807) is 6.07 Å². The Hall–Kier alpha value is -2.37. The van der Waals surface area contributed by atoms with Gasteiger partial charge in [0.1, 0.15) is 12.1 Å². The first-order valence-electron chi connectivity index (χ1n) is 10.7. The molecule has 1 spiro atoms. The molecule has 1 saturated heterocycles. The van der Waals surface area contributed by atoms with Gasteiger partial charge in [-0.05, 0) is 61.1 Å². The van der Waals surface area contributed by atoms with E-state index in [0.717, 1.165) is 36.1 Å². The Morgan fingerprint density at radius 1 is 1.24 bits per heavy atom. The molecule has 1 heterocycles. The number of carbonyl (C=O) groups is 3. The fourth-order valence-corrected chi connectivity index (χ4v) is 4.55. The number of amides is 4. The van der Waals surface area contributed by atoms with Crippen molar-refractivity contribution in [3.05, 3.63) is 29.8 Å². The highest BCUT2D eigenvalue weighted by molar-refractivity contribution is 6.10. The Balaban J connectivity index is 1.63. The second kappa shape index (κ2) is 8.17. The van der Waals surface area contributed by atoms with Gasteiger partial charge in [-0.1, -0.05) is 46.2 Å². The van der Waals surface area contributed by atoms with E-state index >= 15 is 0 Å². The summed E-state index contributed by atoms with van der Waals surface area (Å²) < 4.78 is 0. The molecule has 1 aliphatic carbocycles. The molecule has 1 saturated carbocycles. The van der Waals surface area contributed by atoms with Crippen LogP contribution in [-0.4, -0.2) is 34.8 Å². The zero-order valence-corrected chi connectivity index (χ0v) is 18.0. The normalized spacial score (nSPS) is 24.7. The van der Waals surface area contributed by atoms with Crippen LogP contribution in [0.15, 0.2) is 24.3 Å². The summed E-state index contributed by atoms with van der Waals surface area (Å²) in [5.74, 6) is -0.0710. The lowest BCUT2D eigenvalue weighted by atomic mass is 9.65. The fraction of sp³-hybridized carbons (Fsp3) is 0.609. The molecular formula is C23H33N3O3. The SMILES string of the molecule is CCc1cccc(NC(=O)CN2C(=O)NC3(CCC(C(C)(C)CC)CC3)C2=O)c1. The average molecular weight is 400 g/mol. The number of carbonyl (C=O) groups excluding carboxylic acids is 3. The van der Waals surface area contributed by atoms with Crippen molar-refractivity contribution in [3.63, 3.8) is 0 Å².